The van der Waals surface area contributed by atoms with E-state index in [1.165, 1.54) is 23.5 Å². The van der Waals surface area contributed by atoms with Crippen LogP contribution in [-0.4, -0.2) is 9.81 Å². The molecule has 0 amide bonds. The number of rotatable bonds is 4. The third-order valence-electron chi connectivity index (χ3n) is 1.82. The molecule has 0 saturated carbocycles. The zero-order valence-corrected chi connectivity index (χ0v) is 9.91. The van der Waals surface area contributed by atoms with Gasteiger partial charge < -0.3 is 0 Å². The highest BCUT2D eigenvalue weighted by Gasteiger charge is 2.03. The molecule has 0 aliphatic rings. The van der Waals surface area contributed by atoms with E-state index in [1.54, 1.807) is 11.3 Å². The van der Waals surface area contributed by atoms with Gasteiger partial charge in [-0.05, 0) is 26.2 Å². The van der Waals surface area contributed by atoms with Crippen molar-refractivity contribution >= 4 is 27.3 Å². The lowest BCUT2D eigenvalue weighted by Crippen LogP contribution is -1.97. The lowest BCUT2D eigenvalue weighted by molar-refractivity contribution is 0.736. The number of hydrogen-bond donors (Lipinski definition) is 0. The van der Waals surface area contributed by atoms with E-state index in [4.69, 9.17) is 0 Å². The number of halogens is 1. The van der Waals surface area contributed by atoms with Crippen molar-refractivity contribution in [1.29, 1.82) is 0 Å². The summed E-state index contributed by atoms with van der Waals surface area (Å²) in [6.45, 7) is 4.26. The van der Waals surface area contributed by atoms with Crippen LogP contribution >= 0.6 is 27.3 Å². The van der Waals surface area contributed by atoms with Crippen LogP contribution in [0.2, 0.25) is 0 Å². The molecular weight excluding hydrogens is 234 g/mol. The normalized spacial score (nSPS) is 13.2. The SMILES string of the molecule is CCC(Br)CCc1csc(C)n1. The molecule has 0 bridgehead atoms. The Bertz CT molecular complexity index is 234. The van der Waals surface area contributed by atoms with E-state index in [-0.39, 0.29) is 0 Å². The van der Waals surface area contributed by atoms with Gasteiger partial charge in [-0.3, -0.25) is 0 Å². The number of aromatic nitrogens is 1. The molecule has 0 aromatic carbocycles. The summed E-state index contributed by atoms with van der Waals surface area (Å²) in [4.78, 5) is 5.07. The molecule has 0 N–H and O–H groups in total. The van der Waals surface area contributed by atoms with Gasteiger partial charge in [0.1, 0.15) is 0 Å². The Morgan fingerprint density at radius 1 is 1.67 bits per heavy atom. The number of alkyl halides is 1. The zero-order chi connectivity index (χ0) is 8.97. The highest BCUT2D eigenvalue weighted by Crippen LogP contribution is 2.15. The number of nitrogens with zero attached hydrogens (tertiary/aromatic N) is 1. The smallest absolute Gasteiger partial charge is 0.0897 e. The molecule has 0 aliphatic carbocycles. The maximum Gasteiger partial charge on any atom is 0.0897 e. The molecule has 68 valence electrons. The summed E-state index contributed by atoms with van der Waals surface area (Å²) in [7, 11) is 0. The van der Waals surface area contributed by atoms with Gasteiger partial charge in [-0.1, -0.05) is 22.9 Å². The number of hydrogen-bond acceptors (Lipinski definition) is 2. The highest BCUT2D eigenvalue weighted by molar-refractivity contribution is 9.09. The average Bonchev–Trinajstić information content (AvgIpc) is 2.47. The maximum absolute atomic E-state index is 4.41. The second-order valence-electron chi connectivity index (χ2n) is 2.90. The molecule has 1 rings (SSSR count). The molecule has 1 atom stereocenters. The van der Waals surface area contributed by atoms with E-state index in [1.807, 2.05) is 0 Å². The van der Waals surface area contributed by atoms with Crippen LogP contribution in [0.3, 0.4) is 0 Å². The van der Waals surface area contributed by atoms with Crippen molar-refractivity contribution in [2.45, 2.75) is 37.9 Å². The van der Waals surface area contributed by atoms with Crippen molar-refractivity contribution in [3.8, 4) is 0 Å². The van der Waals surface area contributed by atoms with Crippen LogP contribution in [-0.2, 0) is 6.42 Å². The van der Waals surface area contributed by atoms with Gasteiger partial charge in [0.15, 0.2) is 0 Å². The average molecular weight is 248 g/mol. The standard InChI is InChI=1S/C9H14BrNS/c1-3-8(10)4-5-9-6-12-7(2)11-9/h6,8H,3-5H2,1-2H3. The fourth-order valence-electron chi connectivity index (χ4n) is 1.03. The number of thiazole rings is 1. The third-order valence-corrected chi connectivity index (χ3v) is 3.75. The Labute approximate surface area is 86.3 Å². The van der Waals surface area contributed by atoms with Crippen LogP contribution in [0, 0.1) is 6.92 Å². The molecule has 1 nitrogen and oxygen atoms in total. The fourth-order valence-corrected chi connectivity index (χ4v) is 1.91. The van der Waals surface area contributed by atoms with Crippen molar-refractivity contribution < 1.29 is 0 Å². The van der Waals surface area contributed by atoms with E-state index in [2.05, 4.69) is 40.1 Å². The molecule has 0 fully saturated rings. The second kappa shape index (κ2) is 4.97. The van der Waals surface area contributed by atoms with Gasteiger partial charge in [0.2, 0.25) is 0 Å². The molecule has 0 aliphatic heterocycles. The van der Waals surface area contributed by atoms with Gasteiger partial charge in [-0.25, -0.2) is 4.98 Å². The van der Waals surface area contributed by atoms with E-state index in [0.717, 1.165) is 6.42 Å². The Balaban J connectivity index is 2.33. The van der Waals surface area contributed by atoms with E-state index >= 15 is 0 Å². The molecule has 3 heteroatoms. The van der Waals surface area contributed by atoms with Gasteiger partial charge in [-0.15, -0.1) is 11.3 Å². The summed E-state index contributed by atoms with van der Waals surface area (Å²) in [6.07, 6.45) is 3.50. The van der Waals surface area contributed by atoms with E-state index < -0.39 is 0 Å². The zero-order valence-electron chi connectivity index (χ0n) is 7.51. The van der Waals surface area contributed by atoms with Crippen LogP contribution in [0.4, 0.5) is 0 Å². The summed E-state index contributed by atoms with van der Waals surface area (Å²) < 4.78 is 0. The largest absolute Gasteiger partial charge is 0.247 e. The summed E-state index contributed by atoms with van der Waals surface area (Å²) >= 11 is 5.35. The topological polar surface area (TPSA) is 12.9 Å². The third kappa shape index (κ3) is 3.23. The minimum atomic E-state index is 0.652. The quantitative estimate of drug-likeness (QED) is 0.742. The van der Waals surface area contributed by atoms with Gasteiger partial charge in [0.05, 0.1) is 10.7 Å². The lowest BCUT2D eigenvalue weighted by atomic mass is 10.2. The lowest BCUT2D eigenvalue weighted by Gasteiger charge is -2.03. The van der Waals surface area contributed by atoms with Gasteiger partial charge in [-0.2, -0.15) is 0 Å². The minimum Gasteiger partial charge on any atom is -0.247 e. The van der Waals surface area contributed by atoms with Crippen molar-refractivity contribution in [3.05, 3.63) is 16.1 Å². The summed E-state index contributed by atoms with van der Waals surface area (Å²) in [5.41, 5.74) is 1.25. The van der Waals surface area contributed by atoms with E-state index in [0.29, 0.717) is 4.83 Å². The van der Waals surface area contributed by atoms with Crippen LogP contribution in [0.5, 0.6) is 0 Å². The Hall–Kier alpha value is 0.110. The molecule has 1 aromatic heterocycles. The van der Waals surface area contributed by atoms with Gasteiger partial charge in [0, 0.05) is 10.2 Å². The second-order valence-corrected chi connectivity index (χ2v) is 5.26. The van der Waals surface area contributed by atoms with Crippen molar-refractivity contribution in [2.75, 3.05) is 0 Å². The molecule has 12 heavy (non-hydrogen) atoms. The molecule has 0 radical (unpaired) electrons. The molecule has 1 unspecified atom stereocenters. The molecule has 0 saturated heterocycles. The number of aryl methyl sites for hydroxylation is 2. The molecule has 1 aromatic rings. The predicted molar refractivity (Wildman–Crippen MR) is 58.2 cm³/mol. The van der Waals surface area contributed by atoms with Crippen LogP contribution in [0.15, 0.2) is 5.38 Å². The first kappa shape index (κ1) is 10.2. The van der Waals surface area contributed by atoms with Gasteiger partial charge >= 0.3 is 0 Å². The molecule has 1 heterocycles. The van der Waals surface area contributed by atoms with Crippen molar-refractivity contribution in [2.24, 2.45) is 0 Å². The van der Waals surface area contributed by atoms with E-state index in [9.17, 15) is 0 Å². The van der Waals surface area contributed by atoms with Crippen LogP contribution < -0.4 is 0 Å². The van der Waals surface area contributed by atoms with Crippen LogP contribution in [0.25, 0.3) is 0 Å². The first-order valence-corrected chi connectivity index (χ1v) is 6.07. The maximum atomic E-state index is 4.41. The molecule has 0 spiro atoms. The summed E-state index contributed by atoms with van der Waals surface area (Å²) in [5, 5.41) is 3.33. The fraction of sp³-hybridized carbons (Fsp3) is 0.667. The summed E-state index contributed by atoms with van der Waals surface area (Å²) in [5.74, 6) is 0. The first-order chi connectivity index (χ1) is 5.72. The molecular formula is C9H14BrNS. The van der Waals surface area contributed by atoms with Gasteiger partial charge in [0.25, 0.3) is 0 Å². The van der Waals surface area contributed by atoms with Crippen molar-refractivity contribution in [3.63, 3.8) is 0 Å². The predicted octanol–water partition coefficient (Wildman–Crippen LogP) is 3.56. The first-order valence-electron chi connectivity index (χ1n) is 4.27. The monoisotopic (exact) mass is 247 g/mol. The summed E-state index contributed by atoms with van der Waals surface area (Å²) in [6, 6.07) is 0. The minimum absolute atomic E-state index is 0.652. The van der Waals surface area contributed by atoms with Crippen molar-refractivity contribution in [1.82, 2.24) is 4.98 Å². The van der Waals surface area contributed by atoms with Crippen LogP contribution in [0.1, 0.15) is 30.5 Å². The Morgan fingerprint density at radius 3 is 2.92 bits per heavy atom. The Kier molecular flexibility index (Phi) is 4.22. The Morgan fingerprint density at radius 2 is 2.42 bits per heavy atom. The highest BCUT2D eigenvalue weighted by atomic mass is 79.9.